The second-order valence-corrected chi connectivity index (χ2v) is 11.4. The molecule has 2 N–H and O–H groups in total. The van der Waals surface area contributed by atoms with Gasteiger partial charge in [0.25, 0.3) is 0 Å². The second kappa shape index (κ2) is 7.63. The molecular weight excluding hydrogens is 424 g/mol. The Morgan fingerprint density at radius 2 is 1.78 bits per heavy atom. The van der Waals surface area contributed by atoms with Crippen LogP contribution in [0.2, 0.25) is 0 Å². The van der Waals surface area contributed by atoms with Crippen molar-refractivity contribution < 1.29 is 13.2 Å². The molecule has 0 saturated carbocycles. The molecule has 3 heterocycles. The normalized spacial score (nSPS) is 27.9. The third-order valence-electron chi connectivity index (χ3n) is 7.82. The van der Waals surface area contributed by atoms with Crippen molar-refractivity contribution in [2.24, 2.45) is 0 Å². The lowest BCUT2D eigenvalue weighted by Gasteiger charge is -2.30. The van der Waals surface area contributed by atoms with Crippen LogP contribution < -0.4 is 10.0 Å². The monoisotopic (exact) mass is 454 g/mol. The van der Waals surface area contributed by atoms with Gasteiger partial charge in [-0.15, -0.1) is 0 Å². The number of nitrogens with zero attached hydrogens (tertiary/aromatic N) is 2. The number of carbonyl (C=O) groups is 1. The Morgan fingerprint density at radius 1 is 1.03 bits per heavy atom. The summed E-state index contributed by atoms with van der Waals surface area (Å²) in [4.78, 5) is 17.4. The lowest BCUT2D eigenvalue weighted by molar-refractivity contribution is 0.216. The Bertz CT molecular complexity index is 1090. The lowest BCUT2D eigenvalue weighted by Crippen LogP contribution is -2.45. The third kappa shape index (κ3) is 3.35. The first-order valence-corrected chi connectivity index (χ1v) is 13.5. The van der Waals surface area contributed by atoms with Crippen LogP contribution >= 0.6 is 0 Å². The Hall–Kier alpha value is -2.32. The SMILES string of the molecule is O=C(Nc1c2c(cc3c1CCC3)CCC2)NS(=O)(=O)CC1[C@@H]2CCCN2[C@@H]2C=CC=CN12. The smallest absolute Gasteiger partial charge is 0.332 e. The number of amides is 2. The summed E-state index contributed by atoms with van der Waals surface area (Å²) in [5.41, 5.74) is 5.89. The topological polar surface area (TPSA) is 81.8 Å². The number of hydrogen-bond acceptors (Lipinski definition) is 5. The summed E-state index contributed by atoms with van der Waals surface area (Å²) in [5.74, 6) is -0.0821. The fourth-order valence-electron chi connectivity index (χ4n) is 6.55. The molecule has 1 aromatic carbocycles. The highest BCUT2D eigenvalue weighted by atomic mass is 32.2. The molecule has 32 heavy (non-hydrogen) atoms. The minimum Gasteiger partial charge on any atom is -0.353 e. The Balaban J connectivity index is 1.19. The van der Waals surface area contributed by atoms with E-state index < -0.39 is 16.1 Å². The van der Waals surface area contributed by atoms with Gasteiger partial charge in [0.1, 0.15) is 6.17 Å². The molecule has 2 fully saturated rings. The Kier molecular flexibility index (Phi) is 4.84. The van der Waals surface area contributed by atoms with Crippen LogP contribution in [-0.2, 0) is 35.7 Å². The summed E-state index contributed by atoms with van der Waals surface area (Å²) >= 11 is 0. The molecule has 7 nitrogen and oxygen atoms in total. The summed E-state index contributed by atoms with van der Waals surface area (Å²) in [5, 5.41) is 2.95. The first-order chi connectivity index (χ1) is 15.5. The molecule has 3 aliphatic heterocycles. The lowest BCUT2D eigenvalue weighted by atomic mass is 9.99. The van der Waals surface area contributed by atoms with Gasteiger partial charge in [-0.05, 0) is 85.8 Å². The van der Waals surface area contributed by atoms with E-state index in [-0.39, 0.29) is 24.0 Å². The summed E-state index contributed by atoms with van der Waals surface area (Å²) in [6.07, 6.45) is 16.4. The molecule has 5 aliphatic rings. The van der Waals surface area contributed by atoms with Crippen LogP contribution in [0, 0.1) is 0 Å². The number of nitrogens with one attached hydrogen (secondary N) is 2. The maximum absolute atomic E-state index is 13.1. The van der Waals surface area contributed by atoms with Crippen molar-refractivity contribution in [3.8, 4) is 0 Å². The van der Waals surface area contributed by atoms with Gasteiger partial charge in [0.2, 0.25) is 10.0 Å². The maximum Gasteiger partial charge on any atom is 0.332 e. The van der Waals surface area contributed by atoms with Gasteiger partial charge >= 0.3 is 6.03 Å². The van der Waals surface area contributed by atoms with Crippen molar-refractivity contribution in [3.05, 3.63) is 52.7 Å². The van der Waals surface area contributed by atoms with Gasteiger partial charge in [0, 0.05) is 24.5 Å². The van der Waals surface area contributed by atoms with Crippen LogP contribution in [0.1, 0.15) is 47.9 Å². The van der Waals surface area contributed by atoms with Crippen LogP contribution in [-0.4, -0.2) is 54.8 Å². The minimum absolute atomic E-state index is 0.0821. The molecule has 1 aromatic rings. The van der Waals surface area contributed by atoms with Crippen LogP contribution in [0.3, 0.4) is 0 Å². The Labute approximate surface area is 189 Å². The van der Waals surface area contributed by atoms with Gasteiger partial charge in [-0.1, -0.05) is 12.1 Å². The van der Waals surface area contributed by atoms with E-state index >= 15 is 0 Å². The number of hydrogen-bond donors (Lipinski definition) is 2. The van der Waals surface area contributed by atoms with Crippen LogP contribution in [0.15, 0.2) is 30.5 Å². The fraction of sp³-hybridized carbons (Fsp3) is 0.542. The van der Waals surface area contributed by atoms with Crippen LogP contribution in [0.25, 0.3) is 0 Å². The van der Waals surface area contributed by atoms with E-state index in [1.165, 1.54) is 22.3 Å². The number of urea groups is 1. The predicted octanol–water partition coefficient (Wildman–Crippen LogP) is 2.67. The van der Waals surface area contributed by atoms with E-state index in [4.69, 9.17) is 0 Å². The summed E-state index contributed by atoms with van der Waals surface area (Å²) in [7, 11) is -3.79. The highest BCUT2D eigenvalue weighted by molar-refractivity contribution is 7.90. The van der Waals surface area contributed by atoms with E-state index in [0.29, 0.717) is 0 Å². The van der Waals surface area contributed by atoms with E-state index in [1.54, 1.807) is 0 Å². The Morgan fingerprint density at radius 3 is 2.53 bits per heavy atom. The molecule has 0 spiro atoms. The molecule has 8 heteroatoms. The molecule has 2 aliphatic carbocycles. The molecule has 2 amide bonds. The number of rotatable bonds is 4. The van der Waals surface area contributed by atoms with E-state index in [1.807, 2.05) is 18.4 Å². The zero-order valence-electron chi connectivity index (χ0n) is 18.2. The fourth-order valence-corrected chi connectivity index (χ4v) is 7.82. The molecule has 6 rings (SSSR count). The number of benzene rings is 1. The molecule has 2 saturated heterocycles. The second-order valence-electron chi connectivity index (χ2n) is 9.67. The number of aryl methyl sites for hydroxylation is 2. The van der Waals surface area contributed by atoms with Crippen molar-refractivity contribution in [2.75, 3.05) is 17.6 Å². The van der Waals surface area contributed by atoms with E-state index in [2.05, 4.69) is 32.0 Å². The largest absolute Gasteiger partial charge is 0.353 e. The molecule has 0 aromatic heterocycles. The standard InChI is InChI=1S/C24H30N4O3S/c29-24(25-23-18-8-3-6-16(18)14-17-7-4-9-19(17)23)26-32(30,31)15-21-20-10-5-13-27(20)22-11-1-2-12-28(21)22/h1-2,11-12,14,20-22H,3-10,13,15H2,(H2,25,26,29)/t20-,21?,22-/m0/s1. The van der Waals surface area contributed by atoms with Crippen molar-refractivity contribution in [3.63, 3.8) is 0 Å². The third-order valence-corrected chi connectivity index (χ3v) is 9.09. The van der Waals surface area contributed by atoms with Gasteiger partial charge < -0.3 is 10.2 Å². The summed E-state index contributed by atoms with van der Waals surface area (Å²) < 4.78 is 28.4. The molecule has 1 unspecified atom stereocenters. The molecular formula is C24H30N4O3S. The highest BCUT2D eigenvalue weighted by Gasteiger charge is 2.48. The first kappa shape index (κ1) is 20.3. The number of anilines is 1. The van der Waals surface area contributed by atoms with Gasteiger partial charge in [-0.25, -0.2) is 17.9 Å². The van der Waals surface area contributed by atoms with Gasteiger partial charge in [-0.2, -0.15) is 0 Å². The zero-order chi connectivity index (χ0) is 21.9. The zero-order valence-corrected chi connectivity index (χ0v) is 19.0. The molecule has 170 valence electrons. The highest BCUT2D eigenvalue weighted by Crippen LogP contribution is 2.39. The average molecular weight is 455 g/mol. The van der Waals surface area contributed by atoms with E-state index in [0.717, 1.165) is 63.6 Å². The van der Waals surface area contributed by atoms with Crippen molar-refractivity contribution in [1.82, 2.24) is 14.5 Å². The van der Waals surface area contributed by atoms with Crippen LogP contribution in [0.4, 0.5) is 10.5 Å². The summed E-state index contributed by atoms with van der Waals surface area (Å²) in [6.45, 7) is 0.985. The summed E-state index contributed by atoms with van der Waals surface area (Å²) in [6, 6.07) is 1.72. The molecule has 3 atom stereocenters. The van der Waals surface area contributed by atoms with Crippen LogP contribution in [0.5, 0.6) is 0 Å². The van der Waals surface area contributed by atoms with Crippen molar-refractivity contribution >= 4 is 21.7 Å². The van der Waals surface area contributed by atoms with Crippen molar-refractivity contribution in [2.45, 2.75) is 69.6 Å². The average Bonchev–Trinajstić information content (AvgIpc) is 3.53. The molecule has 0 radical (unpaired) electrons. The van der Waals surface area contributed by atoms with Gasteiger partial charge in [-0.3, -0.25) is 4.90 Å². The quantitative estimate of drug-likeness (QED) is 0.731. The van der Waals surface area contributed by atoms with Gasteiger partial charge in [0.05, 0.1) is 11.8 Å². The number of carbonyl (C=O) groups excluding carboxylic acids is 1. The number of sulfonamides is 1. The van der Waals surface area contributed by atoms with E-state index in [9.17, 15) is 13.2 Å². The van der Waals surface area contributed by atoms with Gasteiger partial charge in [0.15, 0.2) is 0 Å². The number of allylic oxidation sites excluding steroid dienone is 2. The number of fused-ring (bicyclic) bond motifs is 5. The minimum atomic E-state index is -3.79. The maximum atomic E-state index is 13.1. The predicted molar refractivity (Wildman–Crippen MR) is 124 cm³/mol. The molecule has 0 bridgehead atoms. The van der Waals surface area contributed by atoms with Crippen molar-refractivity contribution in [1.29, 1.82) is 0 Å². The first-order valence-electron chi connectivity index (χ1n) is 11.9.